The third-order valence-electron chi connectivity index (χ3n) is 2.47. The molecule has 2 rings (SSSR count). The molecule has 0 aromatic heterocycles. The molecule has 1 N–H and O–H groups in total. The predicted octanol–water partition coefficient (Wildman–Crippen LogP) is 1.74. The van der Waals surface area contributed by atoms with Crippen LogP contribution < -0.4 is 4.72 Å². The summed E-state index contributed by atoms with van der Waals surface area (Å²) in [7, 11) is -3.40. The van der Waals surface area contributed by atoms with Crippen LogP contribution in [0.5, 0.6) is 0 Å². The van der Waals surface area contributed by atoms with Gasteiger partial charge in [0.25, 0.3) is 10.0 Å². The number of rotatable bonds is 4. The molecule has 0 aliphatic carbocycles. The van der Waals surface area contributed by atoms with E-state index in [1.54, 1.807) is 24.3 Å². The summed E-state index contributed by atoms with van der Waals surface area (Å²) in [5.41, 5.74) is 0.651. The minimum absolute atomic E-state index is 0.302. The molecule has 1 heterocycles. The van der Waals surface area contributed by atoms with Gasteiger partial charge in [-0.15, -0.1) is 11.6 Å². The molecule has 1 aromatic carbocycles. The molecule has 0 saturated carbocycles. The normalized spacial score (nSPS) is 19.0. The average Bonchev–Trinajstić information content (AvgIpc) is 2.58. The van der Waals surface area contributed by atoms with Gasteiger partial charge in [0.05, 0.1) is 4.90 Å². The lowest BCUT2D eigenvalue weighted by molar-refractivity contribution is 0.595. The Balaban J connectivity index is 2.23. The Hall–Kier alpha value is -1.07. The summed E-state index contributed by atoms with van der Waals surface area (Å²) in [4.78, 5) is 4.57. The number of nitrogens with zero attached hydrogens (tertiary/aromatic N) is 1. The first-order valence-corrected chi connectivity index (χ1v) is 7.39. The highest BCUT2D eigenvalue weighted by atomic mass is 35.5. The summed E-state index contributed by atoms with van der Waals surface area (Å²) in [6, 6.07) is 6.84. The van der Waals surface area contributed by atoms with Crippen molar-refractivity contribution in [2.75, 3.05) is 12.4 Å². The lowest BCUT2D eigenvalue weighted by Crippen LogP contribution is -2.22. The Kier molecular flexibility index (Phi) is 3.69. The maximum atomic E-state index is 11.7. The molecule has 0 unspecified atom stereocenters. The van der Waals surface area contributed by atoms with Crippen molar-refractivity contribution in [1.29, 1.82) is 0 Å². The fraction of sp³-hybridized carbons (Fsp3) is 0.364. The number of aliphatic imine (C=N–C) groups is 1. The SMILES string of the molecule is O=S1(=O)NC(=NCCCCCl)c2ccccc21. The van der Waals surface area contributed by atoms with Crippen LogP contribution in [0.4, 0.5) is 0 Å². The third kappa shape index (κ3) is 2.61. The van der Waals surface area contributed by atoms with E-state index in [4.69, 9.17) is 11.6 Å². The molecule has 4 nitrogen and oxygen atoms in total. The average molecular weight is 273 g/mol. The van der Waals surface area contributed by atoms with E-state index in [-0.39, 0.29) is 0 Å². The van der Waals surface area contributed by atoms with Crippen LogP contribution in [-0.4, -0.2) is 26.7 Å². The van der Waals surface area contributed by atoms with Crippen LogP contribution in [0.2, 0.25) is 0 Å². The second-order valence-electron chi connectivity index (χ2n) is 3.73. The van der Waals surface area contributed by atoms with Crippen LogP contribution >= 0.6 is 11.6 Å². The van der Waals surface area contributed by atoms with Gasteiger partial charge < -0.3 is 0 Å². The van der Waals surface area contributed by atoms with Crippen molar-refractivity contribution in [3.8, 4) is 0 Å². The molecule has 0 amide bonds. The van der Waals surface area contributed by atoms with Gasteiger partial charge in [0.1, 0.15) is 5.84 Å². The number of hydrogen-bond acceptors (Lipinski definition) is 3. The minimum Gasteiger partial charge on any atom is -0.267 e. The summed E-state index contributed by atoms with van der Waals surface area (Å²) in [6.07, 6.45) is 1.74. The van der Waals surface area contributed by atoms with Crippen LogP contribution in [0.1, 0.15) is 18.4 Å². The first-order valence-electron chi connectivity index (χ1n) is 5.38. The Morgan fingerprint density at radius 2 is 2.00 bits per heavy atom. The van der Waals surface area contributed by atoms with Gasteiger partial charge in [0.15, 0.2) is 0 Å². The first kappa shape index (κ1) is 12.4. The molecule has 6 heteroatoms. The number of amidine groups is 1. The smallest absolute Gasteiger partial charge is 0.263 e. The molecule has 92 valence electrons. The summed E-state index contributed by atoms with van der Waals surface area (Å²) in [5.74, 6) is 1.04. The zero-order valence-electron chi connectivity index (χ0n) is 9.19. The number of unbranched alkanes of at least 4 members (excludes halogenated alkanes) is 1. The fourth-order valence-corrected chi connectivity index (χ4v) is 3.09. The first-order chi connectivity index (χ1) is 8.15. The van der Waals surface area contributed by atoms with Gasteiger partial charge in [-0.1, -0.05) is 12.1 Å². The highest BCUT2D eigenvalue weighted by molar-refractivity contribution is 7.90. The van der Waals surface area contributed by atoms with Gasteiger partial charge in [-0.3, -0.25) is 9.71 Å². The number of benzene rings is 1. The quantitative estimate of drug-likeness (QED) is 0.670. The zero-order valence-corrected chi connectivity index (χ0v) is 10.8. The van der Waals surface area contributed by atoms with Crippen LogP contribution in [0.25, 0.3) is 0 Å². The minimum atomic E-state index is -3.40. The Morgan fingerprint density at radius 3 is 2.76 bits per heavy atom. The molecule has 0 radical (unpaired) electrons. The van der Waals surface area contributed by atoms with Crippen molar-refractivity contribution < 1.29 is 8.42 Å². The zero-order chi connectivity index (χ0) is 12.3. The number of nitrogens with one attached hydrogen (secondary N) is 1. The maximum Gasteiger partial charge on any atom is 0.263 e. The summed E-state index contributed by atoms with van der Waals surface area (Å²) >= 11 is 5.56. The van der Waals surface area contributed by atoms with E-state index < -0.39 is 10.0 Å². The van der Waals surface area contributed by atoms with Gasteiger partial charge in [0.2, 0.25) is 0 Å². The predicted molar refractivity (Wildman–Crippen MR) is 68.1 cm³/mol. The lowest BCUT2D eigenvalue weighted by atomic mass is 10.2. The Morgan fingerprint density at radius 1 is 1.24 bits per heavy atom. The third-order valence-corrected chi connectivity index (χ3v) is 4.14. The van der Waals surface area contributed by atoms with E-state index in [0.717, 1.165) is 12.8 Å². The lowest BCUT2D eigenvalue weighted by Gasteiger charge is -1.98. The van der Waals surface area contributed by atoms with E-state index in [0.29, 0.717) is 28.7 Å². The van der Waals surface area contributed by atoms with Crippen LogP contribution in [-0.2, 0) is 10.0 Å². The van der Waals surface area contributed by atoms with Crippen molar-refractivity contribution in [2.45, 2.75) is 17.7 Å². The molecule has 0 atom stereocenters. The van der Waals surface area contributed by atoms with Crippen LogP contribution in [0.3, 0.4) is 0 Å². The van der Waals surface area contributed by atoms with Crippen LogP contribution in [0.15, 0.2) is 34.2 Å². The molecule has 1 aliphatic rings. The highest BCUT2D eigenvalue weighted by Crippen LogP contribution is 2.22. The van der Waals surface area contributed by atoms with Gasteiger partial charge in [0, 0.05) is 18.0 Å². The van der Waals surface area contributed by atoms with Gasteiger partial charge in [-0.25, -0.2) is 8.42 Å². The molecular formula is C11H13ClN2O2S. The number of sulfonamides is 1. The van der Waals surface area contributed by atoms with Crippen molar-refractivity contribution >= 4 is 27.5 Å². The number of hydrogen-bond donors (Lipinski definition) is 1. The number of fused-ring (bicyclic) bond motifs is 1. The molecule has 0 saturated heterocycles. The molecular weight excluding hydrogens is 260 g/mol. The van der Waals surface area contributed by atoms with Crippen molar-refractivity contribution in [3.63, 3.8) is 0 Å². The Labute approximate surface area is 106 Å². The van der Waals surface area contributed by atoms with E-state index in [2.05, 4.69) is 9.71 Å². The molecule has 1 aliphatic heterocycles. The largest absolute Gasteiger partial charge is 0.267 e. The number of halogens is 1. The standard InChI is InChI=1S/C11H13ClN2O2S/c12-7-3-4-8-13-11-9-5-1-2-6-10(9)17(15,16)14-11/h1-2,5-6H,3-4,7-8H2,(H,13,14). The van der Waals surface area contributed by atoms with Crippen LogP contribution in [0, 0.1) is 0 Å². The Bertz CT molecular complexity index is 540. The molecule has 1 aromatic rings. The molecule has 0 spiro atoms. The second kappa shape index (κ2) is 5.06. The van der Waals surface area contributed by atoms with Gasteiger partial charge >= 0.3 is 0 Å². The molecule has 0 bridgehead atoms. The van der Waals surface area contributed by atoms with E-state index in [1.807, 2.05) is 0 Å². The second-order valence-corrected chi connectivity index (χ2v) is 5.76. The monoisotopic (exact) mass is 272 g/mol. The summed E-state index contributed by atoms with van der Waals surface area (Å²) < 4.78 is 25.9. The van der Waals surface area contributed by atoms with E-state index in [1.165, 1.54) is 0 Å². The van der Waals surface area contributed by atoms with Crippen molar-refractivity contribution in [3.05, 3.63) is 29.8 Å². The van der Waals surface area contributed by atoms with Crippen molar-refractivity contribution in [1.82, 2.24) is 4.72 Å². The molecule has 0 fully saturated rings. The highest BCUT2D eigenvalue weighted by Gasteiger charge is 2.29. The summed E-state index contributed by atoms with van der Waals surface area (Å²) in [5, 5.41) is 0. The van der Waals surface area contributed by atoms with E-state index in [9.17, 15) is 8.42 Å². The summed E-state index contributed by atoms with van der Waals surface area (Å²) in [6.45, 7) is 0.582. The topological polar surface area (TPSA) is 58.5 Å². The fourth-order valence-electron chi connectivity index (χ4n) is 1.65. The van der Waals surface area contributed by atoms with Gasteiger partial charge in [-0.05, 0) is 25.0 Å². The van der Waals surface area contributed by atoms with E-state index >= 15 is 0 Å². The van der Waals surface area contributed by atoms with Crippen molar-refractivity contribution in [2.24, 2.45) is 4.99 Å². The molecule has 17 heavy (non-hydrogen) atoms. The maximum absolute atomic E-state index is 11.7. The number of alkyl halides is 1. The van der Waals surface area contributed by atoms with Gasteiger partial charge in [-0.2, -0.15) is 0 Å².